The third-order valence-electron chi connectivity index (χ3n) is 7.35. The second-order valence-electron chi connectivity index (χ2n) is 12.2. The second kappa shape index (κ2) is 15.2. The summed E-state index contributed by atoms with van der Waals surface area (Å²) in [7, 11) is -2.83. The summed E-state index contributed by atoms with van der Waals surface area (Å²) in [6, 6.07) is 26.2. The quantitative estimate of drug-likeness (QED) is 0.171. The van der Waals surface area contributed by atoms with E-state index in [1.807, 2.05) is 58.0 Å². The molecule has 248 valence electrons. The molecular weight excluding hydrogens is 657 g/mol. The Bertz CT molecular complexity index is 1790. The number of benzene rings is 4. The van der Waals surface area contributed by atoms with Crippen LogP contribution >= 0.6 is 23.2 Å². The predicted octanol–water partition coefficient (Wildman–Crippen LogP) is 7.06. The standard InChI is InChI=1S/C36H39Cl2N3O5S/c1-25-11-18-30(19-12-25)47(44,45)41(29-17-20-33(46-5)31(38)22-29)24-34(42)40(23-27-13-15-28(37)16-14-27)32(35(43)39-36(2,3)4)21-26-9-7-6-8-10-26/h6-20,22,32H,21,23-24H2,1-5H3,(H,39,43). The van der Waals surface area contributed by atoms with Crippen LogP contribution in [0.2, 0.25) is 10.0 Å². The van der Waals surface area contributed by atoms with Gasteiger partial charge in [0.25, 0.3) is 10.0 Å². The fraction of sp³-hybridized carbons (Fsp3) is 0.278. The van der Waals surface area contributed by atoms with Crippen LogP contribution < -0.4 is 14.4 Å². The van der Waals surface area contributed by atoms with Crippen molar-refractivity contribution in [1.29, 1.82) is 0 Å². The smallest absolute Gasteiger partial charge is 0.264 e. The zero-order valence-corrected chi connectivity index (χ0v) is 29.4. The SMILES string of the molecule is COc1ccc(N(CC(=O)N(Cc2ccc(Cl)cc2)C(Cc2ccccc2)C(=O)NC(C)(C)C)S(=O)(=O)c2ccc(C)cc2)cc1Cl. The molecule has 1 unspecified atom stereocenters. The fourth-order valence-electron chi connectivity index (χ4n) is 4.97. The van der Waals surface area contributed by atoms with Gasteiger partial charge in [0.2, 0.25) is 11.8 Å². The predicted molar refractivity (Wildman–Crippen MR) is 188 cm³/mol. The van der Waals surface area contributed by atoms with Crippen molar-refractivity contribution in [3.63, 3.8) is 0 Å². The molecule has 0 spiro atoms. The molecule has 0 bridgehead atoms. The molecule has 4 aromatic rings. The Hall–Kier alpha value is -4.05. The number of rotatable bonds is 12. The van der Waals surface area contributed by atoms with Crippen molar-refractivity contribution in [1.82, 2.24) is 10.2 Å². The molecule has 0 aliphatic rings. The Kier molecular flexibility index (Phi) is 11.6. The van der Waals surface area contributed by atoms with Crippen molar-refractivity contribution in [3.8, 4) is 5.75 Å². The summed E-state index contributed by atoms with van der Waals surface area (Å²) in [5.74, 6) is -0.614. The summed E-state index contributed by atoms with van der Waals surface area (Å²) in [5.41, 5.74) is 1.99. The van der Waals surface area contributed by atoms with Crippen molar-refractivity contribution in [2.75, 3.05) is 18.0 Å². The first kappa shape index (κ1) is 35.8. The zero-order chi connectivity index (χ0) is 34.4. The van der Waals surface area contributed by atoms with Gasteiger partial charge in [-0.25, -0.2) is 8.42 Å². The van der Waals surface area contributed by atoms with Gasteiger partial charge >= 0.3 is 0 Å². The highest BCUT2D eigenvalue weighted by molar-refractivity contribution is 7.92. The van der Waals surface area contributed by atoms with E-state index in [0.717, 1.165) is 15.4 Å². The number of carbonyl (C=O) groups is 2. The topological polar surface area (TPSA) is 96.0 Å². The Morgan fingerprint density at radius 3 is 2.09 bits per heavy atom. The zero-order valence-electron chi connectivity index (χ0n) is 27.0. The van der Waals surface area contributed by atoms with Gasteiger partial charge in [0.1, 0.15) is 18.3 Å². The van der Waals surface area contributed by atoms with Gasteiger partial charge in [-0.2, -0.15) is 0 Å². The molecular formula is C36H39Cl2N3O5S. The van der Waals surface area contributed by atoms with Gasteiger partial charge in [-0.3, -0.25) is 13.9 Å². The minimum atomic E-state index is -4.28. The molecule has 47 heavy (non-hydrogen) atoms. The Labute approximate surface area is 287 Å². The van der Waals surface area contributed by atoms with Gasteiger partial charge in [0.15, 0.2) is 0 Å². The first-order valence-corrected chi connectivity index (χ1v) is 17.2. The van der Waals surface area contributed by atoms with Crippen LogP contribution in [0.3, 0.4) is 0 Å². The molecule has 1 N–H and O–H groups in total. The highest BCUT2D eigenvalue weighted by Crippen LogP contribution is 2.32. The number of ether oxygens (including phenoxy) is 1. The number of methoxy groups -OCH3 is 1. The molecule has 0 radical (unpaired) electrons. The van der Waals surface area contributed by atoms with E-state index in [2.05, 4.69) is 5.32 Å². The first-order valence-electron chi connectivity index (χ1n) is 15.0. The number of sulfonamides is 1. The lowest BCUT2D eigenvalue weighted by Gasteiger charge is -2.35. The van der Waals surface area contributed by atoms with Crippen LogP contribution in [0.1, 0.15) is 37.5 Å². The Morgan fingerprint density at radius 2 is 1.51 bits per heavy atom. The molecule has 0 saturated carbocycles. The molecule has 2 amide bonds. The molecule has 0 aliphatic heterocycles. The Balaban J connectivity index is 1.84. The number of carbonyl (C=O) groups excluding carboxylic acids is 2. The molecule has 0 aliphatic carbocycles. The summed E-state index contributed by atoms with van der Waals surface area (Å²) in [6.45, 7) is 6.84. The third kappa shape index (κ3) is 9.50. The summed E-state index contributed by atoms with van der Waals surface area (Å²) in [6.07, 6.45) is 0.196. The van der Waals surface area contributed by atoms with E-state index in [9.17, 15) is 18.0 Å². The Morgan fingerprint density at radius 1 is 0.872 bits per heavy atom. The maximum atomic E-state index is 14.6. The van der Waals surface area contributed by atoms with E-state index in [0.29, 0.717) is 16.3 Å². The van der Waals surface area contributed by atoms with Crippen molar-refractivity contribution < 1.29 is 22.7 Å². The average molecular weight is 697 g/mol. The lowest BCUT2D eigenvalue weighted by Crippen LogP contribution is -2.56. The van der Waals surface area contributed by atoms with Crippen molar-refractivity contribution in [2.45, 2.75) is 57.1 Å². The van der Waals surface area contributed by atoms with Crippen LogP contribution in [-0.4, -0.2) is 50.4 Å². The number of hydrogen-bond donors (Lipinski definition) is 1. The minimum Gasteiger partial charge on any atom is -0.495 e. The molecule has 1 atom stereocenters. The minimum absolute atomic E-state index is 0.00148. The number of nitrogens with one attached hydrogen (secondary N) is 1. The third-order valence-corrected chi connectivity index (χ3v) is 9.68. The van der Waals surface area contributed by atoms with Gasteiger partial charge in [-0.15, -0.1) is 0 Å². The average Bonchev–Trinajstić information content (AvgIpc) is 3.02. The van der Waals surface area contributed by atoms with Crippen molar-refractivity contribution in [2.24, 2.45) is 0 Å². The number of nitrogens with zero attached hydrogens (tertiary/aromatic N) is 2. The lowest BCUT2D eigenvalue weighted by atomic mass is 10.0. The maximum absolute atomic E-state index is 14.6. The second-order valence-corrected chi connectivity index (χ2v) is 14.9. The number of anilines is 1. The summed E-state index contributed by atoms with van der Waals surface area (Å²) >= 11 is 12.6. The van der Waals surface area contributed by atoms with Crippen LogP contribution in [0, 0.1) is 6.92 Å². The van der Waals surface area contributed by atoms with E-state index >= 15 is 0 Å². The van der Waals surface area contributed by atoms with E-state index < -0.39 is 34.1 Å². The summed E-state index contributed by atoms with van der Waals surface area (Å²) in [4.78, 5) is 30.0. The van der Waals surface area contributed by atoms with Gasteiger partial charge in [-0.05, 0) is 81.3 Å². The molecule has 11 heteroatoms. The molecule has 8 nitrogen and oxygen atoms in total. The number of hydrogen-bond acceptors (Lipinski definition) is 5. The molecule has 0 fully saturated rings. The van der Waals surface area contributed by atoms with Crippen LogP contribution in [0.4, 0.5) is 5.69 Å². The summed E-state index contributed by atoms with van der Waals surface area (Å²) < 4.78 is 34.8. The number of halogens is 2. The molecule has 0 aromatic heterocycles. The number of amides is 2. The van der Waals surface area contributed by atoms with Gasteiger partial charge in [-0.1, -0.05) is 83.4 Å². The normalized spacial score (nSPS) is 12.2. The van der Waals surface area contributed by atoms with E-state index in [-0.39, 0.29) is 34.5 Å². The van der Waals surface area contributed by atoms with Gasteiger partial charge < -0.3 is 15.0 Å². The van der Waals surface area contributed by atoms with E-state index in [1.165, 1.54) is 36.3 Å². The van der Waals surface area contributed by atoms with Crippen molar-refractivity contribution in [3.05, 3.63) is 124 Å². The van der Waals surface area contributed by atoms with Crippen LogP contribution in [-0.2, 0) is 32.6 Å². The highest BCUT2D eigenvalue weighted by Gasteiger charge is 2.35. The molecule has 4 rings (SSSR count). The van der Waals surface area contributed by atoms with E-state index in [1.54, 1.807) is 42.5 Å². The number of aryl methyl sites for hydroxylation is 1. The van der Waals surface area contributed by atoms with Crippen LogP contribution in [0.5, 0.6) is 5.75 Å². The van der Waals surface area contributed by atoms with Gasteiger partial charge in [0, 0.05) is 23.5 Å². The van der Waals surface area contributed by atoms with Crippen LogP contribution in [0.25, 0.3) is 0 Å². The summed E-state index contributed by atoms with van der Waals surface area (Å²) in [5, 5.41) is 3.71. The van der Waals surface area contributed by atoms with E-state index in [4.69, 9.17) is 27.9 Å². The molecule has 4 aromatic carbocycles. The largest absolute Gasteiger partial charge is 0.495 e. The fourth-order valence-corrected chi connectivity index (χ4v) is 6.75. The molecule has 0 heterocycles. The first-order chi connectivity index (χ1) is 22.2. The highest BCUT2D eigenvalue weighted by atomic mass is 35.5. The maximum Gasteiger partial charge on any atom is 0.264 e. The van der Waals surface area contributed by atoms with Gasteiger partial charge in [0.05, 0.1) is 22.7 Å². The van der Waals surface area contributed by atoms with Crippen molar-refractivity contribution >= 4 is 50.7 Å². The monoisotopic (exact) mass is 695 g/mol. The molecule has 0 saturated heterocycles. The lowest BCUT2D eigenvalue weighted by molar-refractivity contribution is -0.140. The van der Waals surface area contributed by atoms with Crippen LogP contribution in [0.15, 0.2) is 102 Å².